The van der Waals surface area contributed by atoms with Gasteiger partial charge in [0.1, 0.15) is 0 Å². The molecule has 1 aliphatic heterocycles. The monoisotopic (exact) mass is 303 g/mol. The van der Waals surface area contributed by atoms with Gasteiger partial charge in [0.05, 0.1) is 12.9 Å². The van der Waals surface area contributed by atoms with Crippen LogP contribution in [-0.2, 0) is 19.6 Å². The van der Waals surface area contributed by atoms with E-state index in [1.807, 2.05) is 0 Å². The number of carbonyl (C=O) groups excluding carboxylic acids is 1. The van der Waals surface area contributed by atoms with Crippen molar-refractivity contribution in [1.82, 2.24) is 4.31 Å². The molecular formula is C14H25NO4S. The molecule has 1 saturated heterocycles. The molecular weight excluding hydrogens is 278 g/mol. The Morgan fingerprint density at radius 1 is 1.20 bits per heavy atom. The maximum Gasteiger partial charge on any atom is 0.305 e. The van der Waals surface area contributed by atoms with Crippen LogP contribution in [0.3, 0.4) is 0 Å². The largest absolute Gasteiger partial charge is 0.469 e. The predicted octanol–water partition coefficient (Wildman–Crippen LogP) is 1.92. The van der Waals surface area contributed by atoms with Gasteiger partial charge in [-0.2, -0.15) is 4.31 Å². The van der Waals surface area contributed by atoms with Crippen LogP contribution in [0.25, 0.3) is 0 Å². The van der Waals surface area contributed by atoms with Crippen molar-refractivity contribution in [1.29, 1.82) is 0 Å². The third-order valence-corrected chi connectivity index (χ3v) is 6.53. The summed E-state index contributed by atoms with van der Waals surface area (Å²) in [4.78, 5) is 11.1. The summed E-state index contributed by atoms with van der Waals surface area (Å²) in [5.74, 6) is 0.271. The second-order valence-electron chi connectivity index (χ2n) is 5.86. The Bertz CT molecular complexity index is 428. The van der Waals surface area contributed by atoms with Crippen molar-refractivity contribution in [2.75, 3.05) is 19.4 Å². The van der Waals surface area contributed by atoms with Gasteiger partial charge in [-0.05, 0) is 38.0 Å². The Morgan fingerprint density at radius 3 is 2.55 bits per heavy atom. The molecule has 1 atom stereocenters. The molecule has 1 heterocycles. The molecule has 0 N–H and O–H groups in total. The van der Waals surface area contributed by atoms with Crippen LogP contribution in [0, 0.1) is 5.92 Å². The minimum Gasteiger partial charge on any atom is -0.469 e. The SMILES string of the molecule is COC(=O)CCCS(=O)(=O)N1CCCC1C1CCCC1. The number of sulfonamides is 1. The van der Waals surface area contributed by atoms with Crippen LogP contribution in [-0.4, -0.2) is 44.1 Å². The first-order valence-corrected chi connectivity index (χ1v) is 9.22. The van der Waals surface area contributed by atoms with E-state index >= 15 is 0 Å². The van der Waals surface area contributed by atoms with Crippen LogP contribution in [0.1, 0.15) is 51.4 Å². The summed E-state index contributed by atoms with van der Waals surface area (Å²) in [6.45, 7) is 0.654. The summed E-state index contributed by atoms with van der Waals surface area (Å²) in [6.07, 6.45) is 7.30. The van der Waals surface area contributed by atoms with Gasteiger partial charge < -0.3 is 4.74 Å². The fourth-order valence-electron chi connectivity index (χ4n) is 3.54. The van der Waals surface area contributed by atoms with Crippen LogP contribution in [0.2, 0.25) is 0 Å². The van der Waals surface area contributed by atoms with Gasteiger partial charge in [-0.3, -0.25) is 4.79 Å². The van der Waals surface area contributed by atoms with Crippen molar-refractivity contribution in [3.8, 4) is 0 Å². The topological polar surface area (TPSA) is 63.7 Å². The molecule has 0 aromatic heterocycles. The van der Waals surface area contributed by atoms with Gasteiger partial charge in [-0.25, -0.2) is 8.42 Å². The van der Waals surface area contributed by atoms with Gasteiger partial charge in [0, 0.05) is 19.0 Å². The first-order valence-electron chi connectivity index (χ1n) is 7.61. The maximum atomic E-state index is 12.4. The fraction of sp³-hybridized carbons (Fsp3) is 0.929. The van der Waals surface area contributed by atoms with Gasteiger partial charge in [0.15, 0.2) is 0 Å². The highest BCUT2D eigenvalue weighted by Crippen LogP contribution is 2.36. The Morgan fingerprint density at radius 2 is 1.90 bits per heavy atom. The predicted molar refractivity (Wildman–Crippen MR) is 76.7 cm³/mol. The lowest BCUT2D eigenvalue weighted by atomic mass is 9.97. The highest BCUT2D eigenvalue weighted by atomic mass is 32.2. The van der Waals surface area contributed by atoms with Crippen molar-refractivity contribution < 1.29 is 17.9 Å². The molecule has 0 radical (unpaired) electrons. The molecule has 2 aliphatic rings. The number of nitrogens with zero attached hydrogens (tertiary/aromatic N) is 1. The zero-order valence-corrected chi connectivity index (χ0v) is 13.0. The van der Waals surface area contributed by atoms with Gasteiger partial charge in [0.2, 0.25) is 10.0 Å². The Labute approximate surface area is 121 Å². The number of ether oxygens (including phenoxy) is 1. The second-order valence-corrected chi connectivity index (χ2v) is 7.90. The number of methoxy groups -OCH3 is 1. The number of esters is 1. The standard InChI is InChI=1S/C14H25NO4S/c1-19-14(16)9-5-11-20(17,18)15-10-4-8-13(15)12-6-2-3-7-12/h12-13H,2-11H2,1H3. The molecule has 1 unspecified atom stereocenters. The molecule has 1 aliphatic carbocycles. The summed E-state index contributed by atoms with van der Waals surface area (Å²) in [7, 11) is -1.90. The third kappa shape index (κ3) is 3.73. The van der Waals surface area contributed by atoms with Crippen LogP contribution in [0.4, 0.5) is 0 Å². The molecule has 2 rings (SSSR count). The molecule has 5 nitrogen and oxygen atoms in total. The van der Waals surface area contributed by atoms with E-state index in [-0.39, 0.29) is 24.2 Å². The maximum absolute atomic E-state index is 12.4. The van der Waals surface area contributed by atoms with Crippen molar-refractivity contribution in [3.05, 3.63) is 0 Å². The van der Waals surface area contributed by atoms with Crippen LogP contribution in [0.15, 0.2) is 0 Å². The zero-order chi connectivity index (χ0) is 14.6. The van der Waals surface area contributed by atoms with E-state index in [1.165, 1.54) is 32.8 Å². The van der Waals surface area contributed by atoms with Crippen LogP contribution < -0.4 is 0 Å². The van der Waals surface area contributed by atoms with Crippen molar-refractivity contribution >= 4 is 16.0 Å². The summed E-state index contributed by atoms with van der Waals surface area (Å²) in [5, 5.41) is 0. The average molecular weight is 303 g/mol. The number of hydrogen-bond donors (Lipinski definition) is 0. The Balaban J connectivity index is 1.91. The van der Waals surface area contributed by atoms with Crippen molar-refractivity contribution in [2.24, 2.45) is 5.92 Å². The molecule has 0 amide bonds. The minimum absolute atomic E-state index is 0.0608. The first kappa shape index (κ1) is 15.8. The molecule has 20 heavy (non-hydrogen) atoms. The molecule has 116 valence electrons. The van der Waals surface area contributed by atoms with Crippen LogP contribution in [0.5, 0.6) is 0 Å². The van der Waals surface area contributed by atoms with E-state index in [1.54, 1.807) is 4.31 Å². The lowest BCUT2D eigenvalue weighted by Gasteiger charge is -2.28. The first-order chi connectivity index (χ1) is 9.54. The molecule has 1 saturated carbocycles. The summed E-state index contributed by atoms with van der Waals surface area (Å²) < 4.78 is 31.2. The van der Waals surface area contributed by atoms with E-state index in [2.05, 4.69) is 4.74 Å². The summed E-state index contributed by atoms with van der Waals surface area (Å²) >= 11 is 0. The normalized spacial score (nSPS) is 25.1. The van der Waals surface area contributed by atoms with Gasteiger partial charge in [-0.1, -0.05) is 12.8 Å². The molecule has 2 fully saturated rings. The third-order valence-electron chi connectivity index (χ3n) is 4.56. The van der Waals surface area contributed by atoms with E-state index in [4.69, 9.17) is 0 Å². The van der Waals surface area contributed by atoms with Crippen LogP contribution >= 0.6 is 0 Å². The average Bonchev–Trinajstić information content (AvgIpc) is 3.08. The van der Waals surface area contributed by atoms with Crippen molar-refractivity contribution in [3.63, 3.8) is 0 Å². The second kappa shape index (κ2) is 6.89. The number of hydrogen-bond acceptors (Lipinski definition) is 4. The Hall–Kier alpha value is -0.620. The zero-order valence-electron chi connectivity index (χ0n) is 12.2. The molecule has 0 aromatic carbocycles. The van der Waals surface area contributed by atoms with Crippen molar-refractivity contribution in [2.45, 2.75) is 57.4 Å². The lowest BCUT2D eigenvalue weighted by Crippen LogP contribution is -2.40. The smallest absolute Gasteiger partial charge is 0.305 e. The van der Waals surface area contributed by atoms with Gasteiger partial charge in [-0.15, -0.1) is 0 Å². The lowest BCUT2D eigenvalue weighted by molar-refractivity contribution is -0.140. The Kier molecular flexibility index (Phi) is 5.43. The van der Waals surface area contributed by atoms with Gasteiger partial charge >= 0.3 is 5.97 Å². The number of carbonyl (C=O) groups is 1. The highest BCUT2D eigenvalue weighted by Gasteiger charge is 2.39. The van der Waals surface area contributed by atoms with E-state index in [0.717, 1.165) is 12.8 Å². The van der Waals surface area contributed by atoms with E-state index < -0.39 is 10.0 Å². The summed E-state index contributed by atoms with van der Waals surface area (Å²) in [6, 6.07) is 0.209. The molecule has 0 aromatic rings. The molecule has 0 spiro atoms. The molecule has 6 heteroatoms. The fourth-order valence-corrected chi connectivity index (χ4v) is 5.38. The van der Waals surface area contributed by atoms with E-state index in [9.17, 15) is 13.2 Å². The quantitative estimate of drug-likeness (QED) is 0.703. The minimum atomic E-state index is -3.22. The van der Waals surface area contributed by atoms with E-state index in [0.29, 0.717) is 18.9 Å². The number of rotatable bonds is 6. The highest BCUT2D eigenvalue weighted by molar-refractivity contribution is 7.89. The summed E-state index contributed by atoms with van der Waals surface area (Å²) in [5.41, 5.74) is 0. The molecule has 0 bridgehead atoms. The van der Waals surface area contributed by atoms with Gasteiger partial charge in [0.25, 0.3) is 0 Å².